The van der Waals surface area contributed by atoms with Gasteiger partial charge in [0.25, 0.3) is 0 Å². The second kappa shape index (κ2) is 7.19. The van der Waals surface area contributed by atoms with Gasteiger partial charge in [0.1, 0.15) is 0 Å². The summed E-state index contributed by atoms with van der Waals surface area (Å²) < 4.78 is 0. The predicted molar refractivity (Wildman–Crippen MR) is 89.6 cm³/mol. The molecule has 0 aliphatic rings. The number of nitrogens with one attached hydrogen (secondary N) is 1. The average Bonchev–Trinajstić information content (AvgIpc) is 2.86. The molecule has 1 aromatic heterocycles. The monoisotopic (exact) mass is 313 g/mol. The average molecular weight is 313 g/mol. The van der Waals surface area contributed by atoms with Gasteiger partial charge in [-0.3, -0.25) is 4.79 Å². The lowest BCUT2D eigenvalue weighted by molar-refractivity contribution is 0.101. The van der Waals surface area contributed by atoms with Gasteiger partial charge < -0.3 is 5.32 Å². The maximum absolute atomic E-state index is 11.7. The van der Waals surface area contributed by atoms with E-state index in [-0.39, 0.29) is 5.78 Å². The van der Waals surface area contributed by atoms with Gasteiger partial charge in [0.05, 0.1) is 22.3 Å². The smallest absolute Gasteiger partial charge is 0.161 e. The highest BCUT2D eigenvalue weighted by molar-refractivity contribution is 7.11. The zero-order chi connectivity index (χ0) is 16.1. The minimum Gasteiger partial charge on any atom is -0.384 e. The van der Waals surface area contributed by atoms with Crippen LogP contribution in [0.4, 0.5) is 5.69 Å². The van der Waals surface area contributed by atoms with Crippen LogP contribution in [0.3, 0.4) is 0 Å². The molecule has 0 fully saturated rings. The zero-order valence-electron chi connectivity index (χ0n) is 13.1. The Morgan fingerprint density at radius 3 is 2.82 bits per heavy atom. The predicted octanol–water partition coefficient (Wildman–Crippen LogP) is 3.74. The Hall–Kier alpha value is -2.19. The Bertz CT molecular complexity index is 728. The van der Waals surface area contributed by atoms with Gasteiger partial charge in [-0.1, -0.05) is 6.92 Å². The summed E-state index contributed by atoms with van der Waals surface area (Å²) in [5.74, 6) is -0.00893. The highest BCUT2D eigenvalue weighted by atomic mass is 32.1. The highest BCUT2D eigenvalue weighted by Crippen LogP contribution is 2.20. The quantitative estimate of drug-likeness (QED) is 0.825. The molecular weight excluding hydrogens is 294 g/mol. The van der Waals surface area contributed by atoms with E-state index >= 15 is 0 Å². The Morgan fingerprint density at radius 1 is 1.45 bits per heavy atom. The molecule has 0 spiro atoms. The van der Waals surface area contributed by atoms with Gasteiger partial charge in [0, 0.05) is 29.1 Å². The van der Waals surface area contributed by atoms with Crippen molar-refractivity contribution in [2.45, 2.75) is 33.6 Å². The van der Waals surface area contributed by atoms with Gasteiger partial charge in [0.15, 0.2) is 5.78 Å². The molecule has 0 saturated carbocycles. The molecule has 0 atom stereocenters. The van der Waals surface area contributed by atoms with E-state index in [0.717, 1.165) is 29.2 Å². The first-order valence-electron chi connectivity index (χ1n) is 7.29. The number of hydrogen-bond donors (Lipinski definition) is 1. The van der Waals surface area contributed by atoms with E-state index in [0.29, 0.717) is 17.7 Å². The van der Waals surface area contributed by atoms with Crippen molar-refractivity contribution in [1.82, 2.24) is 4.98 Å². The van der Waals surface area contributed by atoms with E-state index in [2.05, 4.69) is 30.2 Å². The summed E-state index contributed by atoms with van der Waals surface area (Å²) in [4.78, 5) is 17.5. The van der Waals surface area contributed by atoms with Crippen LogP contribution < -0.4 is 5.32 Å². The fraction of sp³-hybridized carbons (Fsp3) is 0.353. The minimum absolute atomic E-state index is 0.00893. The zero-order valence-corrected chi connectivity index (χ0v) is 13.9. The lowest BCUT2D eigenvalue weighted by Crippen LogP contribution is -2.09. The Labute approximate surface area is 134 Å². The number of anilines is 1. The van der Waals surface area contributed by atoms with Gasteiger partial charge in [-0.05, 0) is 38.5 Å². The maximum atomic E-state index is 11.7. The third-order valence-electron chi connectivity index (χ3n) is 3.45. The summed E-state index contributed by atoms with van der Waals surface area (Å²) in [6.45, 7) is 6.42. The fourth-order valence-corrected chi connectivity index (χ4v) is 3.31. The molecule has 0 amide bonds. The van der Waals surface area contributed by atoms with E-state index in [9.17, 15) is 4.79 Å². The number of Topliss-reactive ketones (excluding diaryl/α,β-unsaturated/α-hetero) is 1. The molecule has 1 aromatic carbocycles. The number of benzene rings is 1. The number of nitrogens with zero attached hydrogens (tertiary/aromatic N) is 2. The summed E-state index contributed by atoms with van der Waals surface area (Å²) in [6, 6.07) is 7.19. The van der Waals surface area contributed by atoms with Crippen LogP contribution in [0.5, 0.6) is 0 Å². The van der Waals surface area contributed by atoms with Crippen molar-refractivity contribution in [1.29, 1.82) is 5.26 Å². The number of thiazole rings is 1. The van der Waals surface area contributed by atoms with Gasteiger partial charge >= 0.3 is 0 Å². The molecule has 0 unspecified atom stereocenters. The molecule has 0 aliphatic carbocycles. The number of nitriles is 1. The molecule has 4 nitrogen and oxygen atoms in total. The standard InChI is InChI=1S/C17H19N3OS/c1-4-15-12(3)22-17(20-15)7-8-19-16-9-13(10-18)5-6-14(16)11(2)21/h5-6,9,19H,4,7-8H2,1-3H3. The summed E-state index contributed by atoms with van der Waals surface area (Å²) >= 11 is 1.72. The van der Waals surface area contributed by atoms with Crippen LogP contribution >= 0.6 is 11.3 Å². The van der Waals surface area contributed by atoms with E-state index < -0.39 is 0 Å². The molecule has 5 heteroatoms. The molecule has 0 aliphatic heterocycles. The number of rotatable bonds is 6. The number of aryl methyl sites for hydroxylation is 2. The summed E-state index contributed by atoms with van der Waals surface area (Å²) in [5, 5.41) is 13.3. The SMILES string of the molecule is CCc1nc(CCNc2cc(C#N)ccc2C(C)=O)sc1C. The lowest BCUT2D eigenvalue weighted by atomic mass is 10.1. The molecular formula is C17H19N3OS. The second-order valence-electron chi connectivity index (χ2n) is 5.07. The highest BCUT2D eigenvalue weighted by Gasteiger charge is 2.09. The van der Waals surface area contributed by atoms with Crippen molar-refractivity contribution >= 4 is 22.8 Å². The first-order valence-corrected chi connectivity index (χ1v) is 8.11. The summed E-state index contributed by atoms with van der Waals surface area (Å²) in [7, 11) is 0. The van der Waals surface area contributed by atoms with Crippen molar-refractivity contribution in [2.24, 2.45) is 0 Å². The Morgan fingerprint density at radius 2 is 2.23 bits per heavy atom. The molecule has 0 bridgehead atoms. The largest absolute Gasteiger partial charge is 0.384 e. The van der Waals surface area contributed by atoms with Crippen LogP contribution in [0.25, 0.3) is 0 Å². The Kier molecular flexibility index (Phi) is 5.29. The van der Waals surface area contributed by atoms with E-state index in [1.807, 2.05) is 0 Å². The number of ketones is 1. The van der Waals surface area contributed by atoms with Crippen molar-refractivity contribution in [3.8, 4) is 6.07 Å². The third-order valence-corrected chi connectivity index (χ3v) is 4.53. The number of carbonyl (C=O) groups is 1. The molecule has 2 rings (SSSR count). The van der Waals surface area contributed by atoms with Crippen LogP contribution in [-0.4, -0.2) is 17.3 Å². The maximum Gasteiger partial charge on any atom is 0.161 e. The normalized spacial score (nSPS) is 10.3. The van der Waals surface area contributed by atoms with Crippen LogP contribution in [0.2, 0.25) is 0 Å². The second-order valence-corrected chi connectivity index (χ2v) is 6.36. The van der Waals surface area contributed by atoms with Crippen LogP contribution in [0, 0.1) is 18.3 Å². The van der Waals surface area contributed by atoms with E-state index in [1.165, 1.54) is 11.8 Å². The lowest BCUT2D eigenvalue weighted by Gasteiger charge is -2.10. The molecule has 2 aromatic rings. The topological polar surface area (TPSA) is 65.8 Å². The Balaban J connectivity index is 2.07. The van der Waals surface area contributed by atoms with Crippen LogP contribution in [0.1, 0.15) is 45.3 Å². The van der Waals surface area contributed by atoms with Gasteiger partial charge in [-0.2, -0.15) is 5.26 Å². The molecule has 0 saturated heterocycles. The van der Waals surface area contributed by atoms with Crippen molar-refractivity contribution < 1.29 is 4.79 Å². The molecule has 1 heterocycles. The summed E-state index contributed by atoms with van der Waals surface area (Å²) in [6.07, 6.45) is 1.76. The third kappa shape index (κ3) is 3.71. The summed E-state index contributed by atoms with van der Waals surface area (Å²) in [5.41, 5.74) is 3.04. The van der Waals surface area contributed by atoms with Crippen molar-refractivity contribution in [3.05, 3.63) is 44.9 Å². The fourth-order valence-electron chi connectivity index (χ4n) is 2.29. The van der Waals surface area contributed by atoms with Crippen molar-refractivity contribution in [2.75, 3.05) is 11.9 Å². The number of hydrogen-bond acceptors (Lipinski definition) is 5. The molecule has 114 valence electrons. The van der Waals surface area contributed by atoms with E-state index in [4.69, 9.17) is 5.26 Å². The number of carbonyl (C=O) groups excluding carboxylic acids is 1. The number of aromatic nitrogens is 1. The first-order chi connectivity index (χ1) is 10.5. The molecule has 22 heavy (non-hydrogen) atoms. The molecule has 1 N–H and O–H groups in total. The first kappa shape index (κ1) is 16.2. The van der Waals surface area contributed by atoms with Crippen LogP contribution in [0.15, 0.2) is 18.2 Å². The van der Waals surface area contributed by atoms with Gasteiger partial charge in [0.2, 0.25) is 0 Å². The van der Waals surface area contributed by atoms with Gasteiger partial charge in [-0.15, -0.1) is 11.3 Å². The van der Waals surface area contributed by atoms with Crippen LogP contribution in [-0.2, 0) is 12.8 Å². The minimum atomic E-state index is -0.00893. The molecule has 0 radical (unpaired) electrons. The van der Waals surface area contributed by atoms with Crippen molar-refractivity contribution in [3.63, 3.8) is 0 Å². The van der Waals surface area contributed by atoms with E-state index in [1.54, 1.807) is 29.5 Å². The van der Waals surface area contributed by atoms with Gasteiger partial charge in [-0.25, -0.2) is 4.98 Å².